The number of thioether (sulfide) groups is 1. The van der Waals surface area contributed by atoms with Crippen LogP contribution in [0.4, 0.5) is 0 Å². The number of hydrogen-bond acceptors (Lipinski definition) is 2. The summed E-state index contributed by atoms with van der Waals surface area (Å²) in [5, 5.41) is 3.22. The van der Waals surface area contributed by atoms with Crippen molar-refractivity contribution in [2.45, 2.75) is 18.9 Å². The van der Waals surface area contributed by atoms with Gasteiger partial charge in [0, 0.05) is 18.2 Å². The van der Waals surface area contributed by atoms with E-state index in [1.807, 2.05) is 18.8 Å². The van der Waals surface area contributed by atoms with Gasteiger partial charge in [0.15, 0.2) is 0 Å². The Morgan fingerprint density at radius 1 is 1.70 bits per heavy atom. The standard InChI is InChI=1S/C8H15NS/c1-4-5-6-8(9-2)7-10-3/h1,8-9H,5-7H2,2-3H3. The second-order valence-corrected chi connectivity index (χ2v) is 3.09. The van der Waals surface area contributed by atoms with Gasteiger partial charge in [0.1, 0.15) is 0 Å². The van der Waals surface area contributed by atoms with E-state index in [0.717, 1.165) is 18.6 Å². The molecule has 0 aromatic rings. The molecule has 1 N–H and O–H groups in total. The van der Waals surface area contributed by atoms with Gasteiger partial charge < -0.3 is 5.32 Å². The molecule has 0 fully saturated rings. The average molecular weight is 157 g/mol. The fourth-order valence-corrected chi connectivity index (χ4v) is 1.51. The Kier molecular flexibility index (Phi) is 6.89. The van der Waals surface area contributed by atoms with E-state index in [0.29, 0.717) is 6.04 Å². The van der Waals surface area contributed by atoms with Crippen LogP contribution in [0, 0.1) is 12.3 Å². The molecular formula is C8H15NS. The largest absolute Gasteiger partial charge is 0.316 e. The van der Waals surface area contributed by atoms with Crippen LogP contribution < -0.4 is 5.32 Å². The second-order valence-electron chi connectivity index (χ2n) is 2.18. The van der Waals surface area contributed by atoms with E-state index in [2.05, 4.69) is 17.5 Å². The number of rotatable bonds is 5. The summed E-state index contributed by atoms with van der Waals surface area (Å²) in [5.41, 5.74) is 0. The van der Waals surface area contributed by atoms with E-state index in [1.54, 1.807) is 0 Å². The highest BCUT2D eigenvalue weighted by atomic mass is 32.2. The van der Waals surface area contributed by atoms with Crippen molar-refractivity contribution in [1.82, 2.24) is 5.32 Å². The summed E-state index contributed by atoms with van der Waals surface area (Å²) in [5.74, 6) is 3.79. The van der Waals surface area contributed by atoms with E-state index >= 15 is 0 Å². The van der Waals surface area contributed by atoms with Crippen LogP contribution in [0.5, 0.6) is 0 Å². The van der Waals surface area contributed by atoms with E-state index in [-0.39, 0.29) is 0 Å². The fraction of sp³-hybridized carbons (Fsp3) is 0.750. The summed E-state index contributed by atoms with van der Waals surface area (Å²) in [7, 11) is 1.98. The molecule has 0 spiro atoms. The highest BCUT2D eigenvalue weighted by Crippen LogP contribution is 2.02. The number of nitrogens with one attached hydrogen (secondary N) is 1. The van der Waals surface area contributed by atoms with Crippen LogP contribution in [0.3, 0.4) is 0 Å². The van der Waals surface area contributed by atoms with Crippen molar-refractivity contribution in [3.05, 3.63) is 0 Å². The maximum Gasteiger partial charge on any atom is 0.0164 e. The highest BCUT2D eigenvalue weighted by Gasteiger charge is 2.01. The van der Waals surface area contributed by atoms with Crippen LogP contribution in [0.15, 0.2) is 0 Å². The lowest BCUT2D eigenvalue weighted by Gasteiger charge is -2.11. The predicted molar refractivity (Wildman–Crippen MR) is 49.3 cm³/mol. The van der Waals surface area contributed by atoms with Crippen LogP contribution in [0.25, 0.3) is 0 Å². The lowest BCUT2D eigenvalue weighted by Crippen LogP contribution is -2.27. The summed E-state index contributed by atoms with van der Waals surface area (Å²) in [4.78, 5) is 0. The van der Waals surface area contributed by atoms with Gasteiger partial charge in [-0.25, -0.2) is 0 Å². The lowest BCUT2D eigenvalue weighted by molar-refractivity contribution is 0.583. The molecule has 0 radical (unpaired) electrons. The van der Waals surface area contributed by atoms with Crippen molar-refractivity contribution >= 4 is 11.8 Å². The van der Waals surface area contributed by atoms with Crippen molar-refractivity contribution in [2.75, 3.05) is 19.1 Å². The zero-order valence-corrected chi connectivity index (χ0v) is 7.50. The third-order valence-corrected chi connectivity index (χ3v) is 2.15. The average Bonchev–Trinajstić information content (AvgIpc) is 1.98. The minimum absolute atomic E-state index is 0.589. The van der Waals surface area contributed by atoms with Crippen molar-refractivity contribution in [2.24, 2.45) is 0 Å². The number of terminal acetylenes is 1. The first-order chi connectivity index (χ1) is 4.85. The van der Waals surface area contributed by atoms with Crippen molar-refractivity contribution in [3.63, 3.8) is 0 Å². The molecule has 0 aromatic heterocycles. The quantitative estimate of drug-likeness (QED) is 0.605. The van der Waals surface area contributed by atoms with Gasteiger partial charge in [0.25, 0.3) is 0 Å². The maximum absolute atomic E-state index is 5.14. The lowest BCUT2D eigenvalue weighted by atomic mass is 10.2. The van der Waals surface area contributed by atoms with E-state index in [4.69, 9.17) is 6.42 Å². The molecule has 0 heterocycles. The van der Waals surface area contributed by atoms with E-state index in [9.17, 15) is 0 Å². The molecule has 0 aliphatic heterocycles. The normalized spacial score (nSPS) is 12.5. The third kappa shape index (κ3) is 4.72. The number of hydrogen-bond donors (Lipinski definition) is 1. The van der Waals surface area contributed by atoms with Gasteiger partial charge in [-0.1, -0.05) is 0 Å². The van der Waals surface area contributed by atoms with Gasteiger partial charge in [-0.15, -0.1) is 12.3 Å². The Morgan fingerprint density at radius 2 is 2.40 bits per heavy atom. The van der Waals surface area contributed by atoms with Crippen molar-refractivity contribution < 1.29 is 0 Å². The Labute approximate surface area is 68.0 Å². The fourth-order valence-electron chi connectivity index (χ4n) is 0.770. The van der Waals surface area contributed by atoms with E-state index < -0.39 is 0 Å². The molecule has 1 atom stereocenters. The molecule has 0 saturated carbocycles. The summed E-state index contributed by atoms with van der Waals surface area (Å²) in [6, 6.07) is 0.589. The molecule has 10 heavy (non-hydrogen) atoms. The molecule has 0 saturated heterocycles. The summed E-state index contributed by atoms with van der Waals surface area (Å²) in [6.07, 6.45) is 9.23. The molecule has 0 amide bonds. The molecular weight excluding hydrogens is 142 g/mol. The van der Waals surface area contributed by atoms with Gasteiger partial charge in [-0.3, -0.25) is 0 Å². The molecule has 0 rings (SSSR count). The third-order valence-electron chi connectivity index (χ3n) is 1.41. The van der Waals surface area contributed by atoms with Crippen molar-refractivity contribution in [1.29, 1.82) is 0 Å². The topological polar surface area (TPSA) is 12.0 Å². The van der Waals surface area contributed by atoms with Crippen LogP contribution >= 0.6 is 11.8 Å². The molecule has 1 unspecified atom stereocenters. The van der Waals surface area contributed by atoms with Gasteiger partial charge in [0.2, 0.25) is 0 Å². The molecule has 0 aliphatic rings. The molecule has 0 aromatic carbocycles. The Bertz CT molecular complexity index is 106. The Balaban J connectivity index is 3.32. The van der Waals surface area contributed by atoms with Crippen LogP contribution in [-0.4, -0.2) is 25.1 Å². The van der Waals surface area contributed by atoms with Gasteiger partial charge in [-0.05, 0) is 19.7 Å². The first-order valence-corrected chi connectivity index (χ1v) is 4.84. The zero-order chi connectivity index (χ0) is 7.82. The highest BCUT2D eigenvalue weighted by molar-refractivity contribution is 7.98. The van der Waals surface area contributed by atoms with Crippen LogP contribution in [0.1, 0.15) is 12.8 Å². The zero-order valence-electron chi connectivity index (χ0n) is 6.68. The SMILES string of the molecule is C#CCCC(CSC)NC. The molecule has 0 bridgehead atoms. The molecule has 0 aliphatic carbocycles. The first kappa shape index (κ1) is 9.87. The minimum atomic E-state index is 0.589. The van der Waals surface area contributed by atoms with Crippen LogP contribution in [-0.2, 0) is 0 Å². The summed E-state index contributed by atoms with van der Waals surface area (Å²) >= 11 is 1.85. The molecule has 1 nitrogen and oxygen atoms in total. The summed E-state index contributed by atoms with van der Waals surface area (Å²) in [6.45, 7) is 0. The van der Waals surface area contributed by atoms with Crippen LogP contribution in [0.2, 0.25) is 0 Å². The second kappa shape index (κ2) is 6.98. The summed E-state index contributed by atoms with van der Waals surface area (Å²) < 4.78 is 0. The minimum Gasteiger partial charge on any atom is -0.316 e. The van der Waals surface area contributed by atoms with Gasteiger partial charge >= 0.3 is 0 Å². The van der Waals surface area contributed by atoms with Crippen molar-refractivity contribution in [3.8, 4) is 12.3 Å². The smallest absolute Gasteiger partial charge is 0.0164 e. The monoisotopic (exact) mass is 157 g/mol. The maximum atomic E-state index is 5.14. The van der Waals surface area contributed by atoms with Gasteiger partial charge in [-0.2, -0.15) is 11.8 Å². The predicted octanol–water partition coefficient (Wildman–Crippen LogP) is 1.35. The Hall–Kier alpha value is -0.130. The Morgan fingerprint density at radius 3 is 2.80 bits per heavy atom. The van der Waals surface area contributed by atoms with E-state index in [1.165, 1.54) is 0 Å². The molecule has 58 valence electrons. The van der Waals surface area contributed by atoms with Gasteiger partial charge in [0.05, 0.1) is 0 Å². The first-order valence-electron chi connectivity index (χ1n) is 3.44. The molecule has 2 heteroatoms.